The Morgan fingerprint density at radius 3 is 1.98 bits per heavy atom. The van der Waals surface area contributed by atoms with Crippen LogP contribution in [0.3, 0.4) is 0 Å². The Kier molecular flexibility index (Phi) is 17.4. The van der Waals surface area contributed by atoms with E-state index in [1.165, 1.54) is 89.0 Å². The van der Waals surface area contributed by atoms with Crippen LogP contribution in [-0.4, -0.2) is 23.7 Å². The monoisotopic (exact) mass is 589 g/mol. The largest absolute Gasteiger partial charge is 0.481 e. The van der Waals surface area contributed by atoms with Crippen molar-refractivity contribution >= 4 is 11.9 Å². The number of allylic oxidation sites excluding steroid dienone is 1. The van der Waals surface area contributed by atoms with Gasteiger partial charge in [-0.2, -0.15) is 0 Å². The number of unbranched alkanes of at least 4 members (excludes halogenated alkanes) is 14. The van der Waals surface area contributed by atoms with E-state index in [9.17, 15) is 14.7 Å². The molecule has 5 atom stereocenters. The molecule has 0 aliphatic heterocycles. The van der Waals surface area contributed by atoms with E-state index in [0.717, 1.165) is 64.2 Å². The van der Waals surface area contributed by atoms with Crippen LogP contribution in [0, 0.1) is 28.6 Å². The minimum Gasteiger partial charge on any atom is -0.481 e. The Hall–Kier alpha value is -1.32. The third-order valence-electron chi connectivity index (χ3n) is 11.3. The van der Waals surface area contributed by atoms with Crippen molar-refractivity contribution in [1.82, 2.24) is 0 Å². The number of rotatable bonds is 23. The van der Waals surface area contributed by atoms with Crippen molar-refractivity contribution < 1.29 is 19.4 Å². The van der Waals surface area contributed by atoms with Gasteiger partial charge in [-0.15, -0.1) is 0 Å². The first-order valence-electron chi connectivity index (χ1n) is 18.2. The summed E-state index contributed by atoms with van der Waals surface area (Å²) in [5.74, 6) is 0.440. The lowest BCUT2D eigenvalue weighted by Crippen LogP contribution is -2.53. The lowest BCUT2D eigenvalue weighted by Gasteiger charge is -2.57. The van der Waals surface area contributed by atoms with E-state index in [1.54, 1.807) is 0 Å². The summed E-state index contributed by atoms with van der Waals surface area (Å²) in [5.41, 5.74) is 0.740. The lowest BCUT2D eigenvalue weighted by molar-refractivity contribution is -0.164. The molecule has 2 aliphatic rings. The molecule has 4 heteroatoms. The second-order valence-electron chi connectivity index (χ2n) is 14.8. The highest BCUT2D eigenvalue weighted by Gasteiger charge is 2.57. The van der Waals surface area contributed by atoms with Crippen molar-refractivity contribution in [2.75, 3.05) is 6.61 Å². The SMILES string of the molecule is C=C1CCC2C(C)(C(=O)O)CCCC2(C)C1CCC(C)CCOC(=O)CCCCCCCCCCCCCCCCC. The molecule has 0 aromatic carbocycles. The van der Waals surface area contributed by atoms with E-state index < -0.39 is 11.4 Å². The summed E-state index contributed by atoms with van der Waals surface area (Å²) in [7, 11) is 0. The highest BCUT2D eigenvalue weighted by Crippen LogP contribution is 2.62. The molecule has 2 fully saturated rings. The molecule has 1 N–H and O–H groups in total. The van der Waals surface area contributed by atoms with E-state index in [2.05, 4.69) is 27.4 Å². The topological polar surface area (TPSA) is 63.6 Å². The van der Waals surface area contributed by atoms with Crippen molar-refractivity contribution in [3.63, 3.8) is 0 Å². The molecule has 2 saturated carbocycles. The van der Waals surface area contributed by atoms with Crippen LogP contribution in [0.1, 0.15) is 182 Å². The Bertz CT molecular complexity index is 790. The van der Waals surface area contributed by atoms with Crippen LogP contribution in [0.4, 0.5) is 0 Å². The van der Waals surface area contributed by atoms with Gasteiger partial charge >= 0.3 is 11.9 Å². The van der Waals surface area contributed by atoms with Gasteiger partial charge in [0.25, 0.3) is 0 Å². The number of carboxylic acids is 1. The van der Waals surface area contributed by atoms with Gasteiger partial charge < -0.3 is 9.84 Å². The predicted octanol–water partition coefficient (Wildman–Crippen LogP) is 11.5. The summed E-state index contributed by atoms with van der Waals surface area (Å²) in [6.45, 7) is 13.8. The lowest BCUT2D eigenvalue weighted by atomic mass is 9.46. The molecule has 0 bridgehead atoms. The van der Waals surface area contributed by atoms with E-state index in [-0.39, 0.29) is 17.3 Å². The Morgan fingerprint density at radius 2 is 1.43 bits per heavy atom. The third-order valence-corrected chi connectivity index (χ3v) is 11.3. The number of esters is 1. The summed E-state index contributed by atoms with van der Waals surface area (Å²) in [6.07, 6.45) is 28.4. The fourth-order valence-corrected chi connectivity index (χ4v) is 8.42. The second-order valence-corrected chi connectivity index (χ2v) is 14.8. The number of carbonyl (C=O) groups is 2. The summed E-state index contributed by atoms with van der Waals surface area (Å²) in [6, 6.07) is 0. The number of hydrogen-bond acceptors (Lipinski definition) is 3. The van der Waals surface area contributed by atoms with Crippen LogP contribution in [-0.2, 0) is 14.3 Å². The van der Waals surface area contributed by atoms with Gasteiger partial charge in [-0.1, -0.05) is 129 Å². The van der Waals surface area contributed by atoms with Gasteiger partial charge in [0.1, 0.15) is 0 Å². The Morgan fingerprint density at radius 1 is 0.881 bits per heavy atom. The van der Waals surface area contributed by atoms with Gasteiger partial charge in [-0.3, -0.25) is 9.59 Å². The molecule has 0 spiro atoms. The summed E-state index contributed by atoms with van der Waals surface area (Å²) < 4.78 is 5.58. The fourth-order valence-electron chi connectivity index (χ4n) is 8.42. The number of aliphatic carboxylic acids is 1. The Labute approximate surface area is 260 Å². The maximum atomic E-state index is 12.2. The number of fused-ring (bicyclic) bond motifs is 1. The molecular formula is C38H68O4. The molecular weight excluding hydrogens is 520 g/mol. The van der Waals surface area contributed by atoms with Gasteiger partial charge in [-0.25, -0.2) is 0 Å². The predicted molar refractivity (Wildman–Crippen MR) is 177 cm³/mol. The third kappa shape index (κ3) is 12.0. The van der Waals surface area contributed by atoms with Crippen molar-refractivity contribution in [2.45, 2.75) is 182 Å². The number of carboxylic acid groups (broad SMARTS) is 1. The van der Waals surface area contributed by atoms with Crippen molar-refractivity contribution in [3.8, 4) is 0 Å². The van der Waals surface area contributed by atoms with E-state index in [0.29, 0.717) is 24.9 Å². The molecule has 5 unspecified atom stereocenters. The zero-order valence-electron chi connectivity index (χ0n) is 28.3. The average molecular weight is 589 g/mol. The van der Waals surface area contributed by atoms with E-state index >= 15 is 0 Å². The zero-order valence-corrected chi connectivity index (χ0v) is 28.3. The highest BCUT2D eigenvalue weighted by atomic mass is 16.5. The molecule has 0 aromatic heterocycles. The number of hydrogen-bond donors (Lipinski definition) is 1. The van der Waals surface area contributed by atoms with Gasteiger partial charge in [-0.05, 0) is 81.5 Å². The first-order chi connectivity index (χ1) is 20.1. The van der Waals surface area contributed by atoms with E-state index in [4.69, 9.17) is 4.74 Å². The normalized spacial score (nSPS) is 26.5. The summed E-state index contributed by atoms with van der Waals surface area (Å²) in [4.78, 5) is 24.5. The van der Waals surface area contributed by atoms with Gasteiger partial charge in [0.2, 0.25) is 0 Å². The van der Waals surface area contributed by atoms with Crippen LogP contribution >= 0.6 is 0 Å². The van der Waals surface area contributed by atoms with Crippen molar-refractivity contribution in [3.05, 3.63) is 12.2 Å². The fraction of sp³-hybridized carbons (Fsp3) is 0.895. The molecule has 0 aromatic rings. The molecule has 4 nitrogen and oxygen atoms in total. The molecule has 2 rings (SSSR count). The molecule has 244 valence electrons. The number of ether oxygens (including phenoxy) is 1. The summed E-state index contributed by atoms with van der Waals surface area (Å²) in [5, 5.41) is 10.1. The van der Waals surface area contributed by atoms with Crippen molar-refractivity contribution in [1.29, 1.82) is 0 Å². The van der Waals surface area contributed by atoms with Gasteiger partial charge in [0, 0.05) is 6.42 Å². The van der Waals surface area contributed by atoms with Crippen LogP contribution in [0.5, 0.6) is 0 Å². The quantitative estimate of drug-likeness (QED) is 0.0732. The second kappa shape index (κ2) is 19.9. The van der Waals surface area contributed by atoms with Crippen LogP contribution in [0.15, 0.2) is 12.2 Å². The molecule has 0 amide bonds. The first kappa shape index (κ1) is 36.9. The van der Waals surface area contributed by atoms with Crippen LogP contribution in [0.2, 0.25) is 0 Å². The van der Waals surface area contributed by atoms with Gasteiger partial charge in [0.05, 0.1) is 12.0 Å². The van der Waals surface area contributed by atoms with Crippen LogP contribution in [0.25, 0.3) is 0 Å². The highest BCUT2D eigenvalue weighted by molar-refractivity contribution is 5.75. The summed E-state index contributed by atoms with van der Waals surface area (Å²) >= 11 is 0. The molecule has 2 aliphatic carbocycles. The Balaban J connectivity index is 1.50. The van der Waals surface area contributed by atoms with E-state index in [1.807, 2.05) is 6.92 Å². The van der Waals surface area contributed by atoms with Crippen molar-refractivity contribution in [2.24, 2.45) is 28.6 Å². The number of carbonyl (C=O) groups excluding carboxylic acids is 1. The standard InChI is InChI=1S/C38H68O4/c1-6-7-8-9-10-11-12-13-14-15-16-17-18-19-20-22-35(39)42-30-27-31(2)23-25-33-32(3)24-26-34-37(33,4)28-21-29-38(34,5)36(40)41/h31,33-34H,3,6-30H2,1-2,4-5H3,(H,40,41). The molecule has 0 heterocycles. The first-order valence-corrected chi connectivity index (χ1v) is 18.2. The average Bonchev–Trinajstić information content (AvgIpc) is 2.94. The van der Waals surface area contributed by atoms with Crippen LogP contribution < -0.4 is 0 Å². The minimum absolute atomic E-state index is 0.0279. The maximum Gasteiger partial charge on any atom is 0.309 e. The molecule has 0 saturated heterocycles. The molecule has 42 heavy (non-hydrogen) atoms. The maximum absolute atomic E-state index is 12.2. The minimum atomic E-state index is -0.621. The molecule has 0 radical (unpaired) electrons. The van der Waals surface area contributed by atoms with Gasteiger partial charge in [0.15, 0.2) is 0 Å². The smallest absolute Gasteiger partial charge is 0.309 e. The zero-order chi connectivity index (χ0) is 30.8.